The predicted molar refractivity (Wildman–Crippen MR) is 84.8 cm³/mol. The minimum absolute atomic E-state index is 0.0730. The molecule has 1 saturated carbocycles. The van der Waals surface area contributed by atoms with Crippen molar-refractivity contribution in [2.45, 2.75) is 64.7 Å². The Morgan fingerprint density at radius 3 is 2.45 bits per heavy atom. The van der Waals surface area contributed by atoms with Crippen LogP contribution in [0.25, 0.3) is 0 Å². The average molecular weight is 300 g/mol. The summed E-state index contributed by atoms with van der Waals surface area (Å²) in [5.74, 6) is 0.921. The lowest BCUT2D eigenvalue weighted by Gasteiger charge is -2.31. The molecule has 0 unspecified atom stereocenters. The van der Waals surface area contributed by atoms with Crippen molar-refractivity contribution < 1.29 is 9.59 Å². The van der Waals surface area contributed by atoms with Crippen LogP contribution in [0.15, 0.2) is 0 Å². The summed E-state index contributed by atoms with van der Waals surface area (Å²) in [6.45, 7) is 7.76. The first-order chi connectivity index (χ1) is 9.34. The molecule has 0 aromatic carbocycles. The van der Waals surface area contributed by atoms with Gasteiger partial charge in [-0.3, -0.25) is 9.59 Å². The van der Waals surface area contributed by atoms with Crippen LogP contribution < -0.4 is 10.6 Å². The average Bonchev–Trinajstić information content (AvgIpc) is 2.37. The Hall–Kier alpha value is -0.710. The Morgan fingerprint density at radius 2 is 1.85 bits per heavy atom. The molecule has 0 spiro atoms. The first-order valence-corrected chi connectivity index (χ1v) is 8.58. The highest BCUT2D eigenvalue weighted by molar-refractivity contribution is 7.99. The molecular weight excluding hydrogens is 272 g/mol. The third-order valence-electron chi connectivity index (χ3n) is 3.52. The van der Waals surface area contributed by atoms with Crippen molar-refractivity contribution >= 4 is 23.6 Å². The van der Waals surface area contributed by atoms with Crippen LogP contribution in [-0.2, 0) is 9.59 Å². The van der Waals surface area contributed by atoms with Crippen LogP contribution in [0.1, 0.15) is 53.4 Å². The molecule has 0 heterocycles. The van der Waals surface area contributed by atoms with Crippen molar-refractivity contribution in [3.8, 4) is 0 Å². The summed E-state index contributed by atoms with van der Waals surface area (Å²) in [6.07, 6.45) is 4.67. The maximum atomic E-state index is 12.0. The molecule has 1 aliphatic rings. The number of nitrogens with one attached hydrogen (secondary N) is 2. The van der Waals surface area contributed by atoms with Gasteiger partial charge in [0, 0.05) is 16.7 Å². The van der Waals surface area contributed by atoms with Gasteiger partial charge in [-0.15, -0.1) is 0 Å². The van der Waals surface area contributed by atoms with Gasteiger partial charge in [0.05, 0.1) is 6.54 Å². The number of carbonyl (C=O) groups excluding carboxylic acids is 2. The van der Waals surface area contributed by atoms with E-state index in [-0.39, 0.29) is 24.4 Å². The Morgan fingerprint density at radius 1 is 1.20 bits per heavy atom. The summed E-state index contributed by atoms with van der Waals surface area (Å²) in [7, 11) is 0. The van der Waals surface area contributed by atoms with E-state index in [1.54, 1.807) is 0 Å². The van der Waals surface area contributed by atoms with E-state index in [1.807, 2.05) is 32.5 Å². The molecule has 0 bridgehead atoms. The number of hydrogen-bond donors (Lipinski definition) is 2. The van der Waals surface area contributed by atoms with Crippen molar-refractivity contribution in [2.75, 3.05) is 12.3 Å². The summed E-state index contributed by atoms with van der Waals surface area (Å²) in [5.41, 5.74) is -0.453. The molecule has 2 atom stereocenters. The van der Waals surface area contributed by atoms with Gasteiger partial charge in [-0.05, 0) is 18.6 Å². The Bertz CT molecular complexity index is 337. The van der Waals surface area contributed by atoms with E-state index in [1.165, 1.54) is 19.3 Å². The SMILES string of the molecule is CCS[C@@H]1CCCC[C@H]1NC(=O)CNC(=O)C(C)(C)C. The van der Waals surface area contributed by atoms with Gasteiger partial charge in [0.1, 0.15) is 0 Å². The third-order valence-corrected chi connectivity index (χ3v) is 4.85. The quantitative estimate of drug-likeness (QED) is 0.819. The molecule has 1 aliphatic carbocycles. The van der Waals surface area contributed by atoms with Crippen LogP contribution in [-0.4, -0.2) is 35.4 Å². The molecule has 2 amide bonds. The summed E-state index contributed by atoms with van der Waals surface area (Å²) in [6, 6.07) is 0.257. The summed E-state index contributed by atoms with van der Waals surface area (Å²) in [4.78, 5) is 23.7. The lowest BCUT2D eigenvalue weighted by Crippen LogP contribution is -2.48. The largest absolute Gasteiger partial charge is 0.351 e. The first kappa shape index (κ1) is 17.3. The maximum absolute atomic E-state index is 12.0. The summed E-state index contributed by atoms with van der Waals surface area (Å²) in [5, 5.41) is 6.31. The maximum Gasteiger partial charge on any atom is 0.239 e. The van der Waals surface area contributed by atoms with E-state index in [2.05, 4.69) is 17.6 Å². The zero-order chi connectivity index (χ0) is 15.2. The second-order valence-electron chi connectivity index (χ2n) is 6.38. The first-order valence-electron chi connectivity index (χ1n) is 7.54. The summed E-state index contributed by atoms with van der Waals surface area (Å²) < 4.78 is 0. The van der Waals surface area contributed by atoms with E-state index in [9.17, 15) is 9.59 Å². The van der Waals surface area contributed by atoms with Crippen LogP contribution in [0.3, 0.4) is 0 Å². The second-order valence-corrected chi connectivity index (χ2v) is 7.90. The molecule has 1 rings (SSSR count). The zero-order valence-electron chi connectivity index (χ0n) is 13.1. The molecule has 4 nitrogen and oxygen atoms in total. The molecular formula is C15H28N2O2S. The number of carbonyl (C=O) groups is 2. The molecule has 116 valence electrons. The highest BCUT2D eigenvalue weighted by Gasteiger charge is 2.27. The molecule has 5 heteroatoms. The van der Waals surface area contributed by atoms with Gasteiger partial charge in [0.25, 0.3) is 0 Å². The monoisotopic (exact) mass is 300 g/mol. The highest BCUT2D eigenvalue weighted by Crippen LogP contribution is 2.28. The van der Waals surface area contributed by atoms with Gasteiger partial charge in [0.15, 0.2) is 0 Å². The topological polar surface area (TPSA) is 58.2 Å². The smallest absolute Gasteiger partial charge is 0.239 e. The van der Waals surface area contributed by atoms with Crippen LogP contribution >= 0.6 is 11.8 Å². The number of hydrogen-bond acceptors (Lipinski definition) is 3. The van der Waals surface area contributed by atoms with Crippen LogP contribution in [0.2, 0.25) is 0 Å². The predicted octanol–water partition coefficient (Wildman–Crippen LogP) is 2.33. The van der Waals surface area contributed by atoms with Crippen molar-refractivity contribution in [1.29, 1.82) is 0 Å². The Labute approximate surface area is 126 Å². The van der Waals surface area contributed by atoms with Crippen molar-refractivity contribution in [2.24, 2.45) is 5.41 Å². The van der Waals surface area contributed by atoms with E-state index in [4.69, 9.17) is 0 Å². The zero-order valence-corrected chi connectivity index (χ0v) is 13.9. The van der Waals surface area contributed by atoms with Crippen molar-refractivity contribution in [3.05, 3.63) is 0 Å². The molecule has 0 aromatic rings. The van der Waals surface area contributed by atoms with Gasteiger partial charge in [0.2, 0.25) is 11.8 Å². The van der Waals surface area contributed by atoms with Gasteiger partial charge in [-0.2, -0.15) is 11.8 Å². The van der Waals surface area contributed by atoms with Gasteiger partial charge < -0.3 is 10.6 Å². The minimum Gasteiger partial charge on any atom is -0.351 e. The molecule has 0 aliphatic heterocycles. The van der Waals surface area contributed by atoms with Crippen LogP contribution in [0, 0.1) is 5.41 Å². The number of thioether (sulfide) groups is 1. The Kier molecular flexibility index (Phi) is 6.86. The van der Waals surface area contributed by atoms with Crippen LogP contribution in [0.4, 0.5) is 0 Å². The molecule has 0 saturated heterocycles. The third kappa shape index (κ3) is 5.73. The standard InChI is InChI=1S/C15H28N2O2S/c1-5-20-12-9-7-6-8-11(12)17-13(18)10-16-14(19)15(2,3)4/h11-12H,5-10H2,1-4H3,(H,16,19)(H,17,18)/t11-,12-/m1/s1. The fourth-order valence-corrected chi connectivity index (χ4v) is 3.56. The lowest BCUT2D eigenvalue weighted by atomic mass is 9.94. The lowest BCUT2D eigenvalue weighted by molar-refractivity contribution is -0.131. The van der Waals surface area contributed by atoms with E-state index in [0.29, 0.717) is 5.25 Å². The molecule has 0 radical (unpaired) electrons. The van der Waals surface area contributed by atoms with Gasteiger partial charge in [-0.25, -0.2) is 0 Å². The fraction of sp³-hybridized carbons (Fsp3) is 0.867. The highest BCUT2D eigenvalue weighted by atomic mass is 32.2. The number of rotatable bonds is 5. The van der Waals surface area contributed by atoms with E-state index >= 15 is 0 Å². The van der Waals surface area contributed by atoms with Crippen molar-refractivity contribution in [3.63, 3.8) is 0 Å². The van der Waals surface area contributed by atoms with E-state index < -0.39 is 5.41 Å². The molecule has 2 N–H and O–H groups in total. The Balaban J connectivity index is 2.38. The molecule has 1 fully saturated rings. The van der Waals surface area contributed by atoms with Gasteiger partial charge >= 0.3 is 0 Å². The van der Waals surface area contributed by atoms with Crippen LogP contribution in [0.5, 0.6) is 0 Å². The minimum atomic E-state index is -0.453. The van der Waals surface area contributed by atoms with Crippen molar-refractivity contribution in [1.82, 2.24) is 10.6 Å². The number of amides is 2. The molecule has 20 heavy (non-hydrogen) atoms. The summed E-state index contributed by atoms with van der Waals surface area (Å²) >= 11 is 1.93. The fourth-order valence-electron chi connectivity index (χ4n) is 2.36. The normalized spacial score (nSPS) is 23.2. The van der Waals surface area contributed by atoms with Gasteiger partial charge in [-0.1, -0.05) is 40.5 Å². The second kappa shape index (κ2) is 7.91. The van der Waals surface area contributed by atoms with E-state index in [0.717, 1.165) is 12.2 Å². The molecule has 0 aromatic heterocycles.